The second-order valence-corrected chi connectivity index (χ2v) is 6.00. The Labute approximate surface area is 133 Å². The zero-order valence-electron chi connectivity index (χ0n) is 11.7. The minimum absolute atomic E-state index is 0.0338. The van der Waals surface area contributed by atoms with Crippen molar-refractivity contribution in [2.24, 2.45) is 0 Å². The number of hydrogen-bond donors (Lipinski definition) is 2. The van der Waals surface area contributed by atoms with E-state index in [-0.39, 0.29) is 12.5 Å². The number of halogens is 1. The van der Waals surface area contributed by atoms with Crippen molar-refractivity contribution in [1.82, 2.24) is 10.6 Å². The fourth-order valence-electron chi connectivity index (χ4n) is 1.73. The lowest BCUT2D eigenvalue weighted by atomic mass is 10.2. The Bertz CT molecular complexity index is 584. The number of rotatable bonds is 7. The van der Waals surface area contributed by atoms with Gasteiger partial charge in [0, 0.05) is 23.0 Å². The van der Waals surface area contributed by atoms with Crippen LogP contribution >= 0.6 is 22.9 Å². The molecule has 0 saturated carbocycles. The van der Waals surface area contributed by atoms with Crippen LogP contribution in [0, 0.1) is 0 Å². The summed E-state index contributed by atoms with van der Waals surface area (Å²) >= 11 is 7.38. The average molecular weight is 325 g/mol. The van der Waals surface area contributed by atoms with Gasteiger partial charge in [-0.3, -0.25) is 4.79 Å². The van der Waals surface area contributed by atoms with Gasteiger partial charge >= 0.3 is 0 Å². The Hall–Kier alpha value is -1.56. The zero-order valence-corrected chi connectivity index (χ0v) is 13.3. The van der Waals surface area contributed by atoms with E-state index < -0.39 is 0 Å². The van der Waals surface area contributed by atoms with Gasteiger partial charge in [0.2, 0.25) is 5.91 Å². The van der Waals surface area contributed by atoms with Crippen LogP contribution in [-0.2, 0) is 17.9 Å². The Morgan fingerprint density at radius 3 is 2.62 bits per heavy atom. The highest BCUT2D eigenvalue weighted by Gasteiger charge is 2.03. The van der Waals surface area contributed by atoms with Crippen molar-refractivity contribution in [2.45, 2.75) is 13.1 Å². The Balaban J connectivity index is 1.66. The summed E-state index contributed by atoms with van der Waals surface area (Å²) in [5, 5.41) is 7.53. The maximum atomic E-state index is 11.7. The van der Waals surface area contributed by atoms with Crippen LogP contribution in [0.25, 0.3) is 0 Å². The summed E-state index contributed by atoms with van der Waals surface area (Å²) in [4.78, 5) is 12.9. The second-order valence-electron chi connectivity index (χ2n) is 4.43. The predicted molar refractivity (Wildman–Crippen MR) is 85.9 cm³/mol. The van der Waals surface area contributed by atoms with Crippen molar-refractivity contribution in [3.05, 3.63) is 51.9 Å². The SMILES string of the molecule is COc1ccc(CNCC(=O)NCc2ccc(Cl)cc2)s1. The number of ether oxygens (including phenoxy) is 1. The number of hydrogen-bond acceptors (Lipinski definition) is 4. The van der Waals surface area contributed by atoms with Crippen LogP contribution in [0.5, 0.6) is 5.06 Å². The fraction of sp³-hybridized carbons (Fsp3) is 0.267. The van der Waals surface area contributed by atoms with Crippen molar-refractivity contribution < 1.29 is 9.53 Å². The summed E-state index contributed by atoms with van der Waals surface area (Å²) in [7, 11) is 1.65. The first-order valence-electron chi connectivity index (χ1n) is 6.52. The van der Waals surface area contributed by atoms with E-state index in [1.54, 1.807) is 18.4 Å². The molecule has 0 radical (unpaired) electrons. The zero-order chi connectivity index (χ0) is 15.1. The van der Waals surface area contributed by atoms with E-state index in [1.165, 1.54) is 0 Å². The normalized spacial score (nSPS) is 10.4. The molecular weight excluding hydrogens is 308 g/mol. The van der Waals surface area contributed by atoms with Crippen molar-refractivity contribution in [2.75, 3.05) is 13.7 Å². The largest absolute Gasteiger partial charge is 0.487 e. The Kier molecular flexibility index (Phi) is 6.04. The third-order valence-electron chi connectivity index (χ3n) is 2.83. The molecular formula is C15H17ClN2O2S. The van der Waals surface area contributed by atoms with Gasteiger partial charge in [-0.25, -0.2) is 0 Å². The third kappa shape index (κ3) is 5.38. The van der Waals surface area contributed by atoms with Gasteiger partial charge in [0.1, 0.15) is 0 Å². The number of benzene rings is 1. The molecule has 0 saturated heterocycles. The van der Waals surface area contributed by atoms with Gasteiger partial charge in [-0.05, 0) is 29.8 Å². The van der Waals surface area contributed by atoms with Crippen LogP contribution in [0.15, 0.2) is 36.4 Å². The van der Waals surface area contributed by atoms with Crippen molar-refractivity contribution >= 4 is 28.8 Å². The molecule has 112 valence electrons. The highest BCUT2D eigenvalue weighted by atomic mass is 35.5. The third-order valence-corrected chi connectivity index (χ3v) is 4.12. The first-order chi connectivity index (χ1) is 10.2. The Morgan fingerprint density at radius 2 is 1.95 bits per heavy atom. The molecule has 1 aromatic heterocycles. The minimum Gasteiger partial charge on any atom is -0.487 e. The van der Waals surface area contributed by atoms with E-state index in [0.29, 0.717) is 18.1 Å². The molecule has 1 heterocycles. The number of carbonyl (C=O) groups is 1. The molecule has 0 bridgehead atoms. The molecule has 0 atom stereocenters. The van der Waals surface area contributed by atoms with Crippen molar-refractivity contribution in [1.29, 1.82) is 0 Å². The van der Waals surface area contributed by atoms with Gasteiger partial charge in [0.05, 0.1) is 13.7 Å². The van der Waals surface area contributed by atoms with Crippen LogP contribution in [-0.4, -0.2) is 19.6 Å². The van der Waals surface area contributed by atoms with Gasteiger partial charge in [0.25, 0.3) is 0 Å². The molecule has 0 fully saturated rings. The van der Waals surface area contributed by atoms with Gasteiger partial charge in [-0.15, -0.1) is 11.3 Å². The van der Waals surface area contributed by atoms with Crippen LogP contribution in [0.1, 0.15) is 10.4 Å². The second kappa shape index (κ2) is 8.02. The molecule has 0 aliphatic heterocycles. The monoisotopic (exact) mass is 324 g/mol. The standard InChI is InChI=1S/C15H17ClN2O2S/c1-20-15-7-6-13(21-15)9-17-10-14(19)18-8-11-2-4-12(16)5-3-11/h2-7,17H,8-10H2,1H3,(H,18,19). The smallest absolute Gasteiger partial charge is 0.234 e. The predicted octanol–water partition coefficient (Wildman–Crippen LogP) is 2.82. The van der Waals surface area contributed by atoms with E-state index in [4.69, 9.17) is 16.3 Å². The topological polar surface area (TPSA) is 50.4 Å². The fourth-order valence-corrected chi connectivity index (χ4v) is 2.64. The molecule has 2 aromatic rings. The van der Waals surface area contributed by atoms with Crippen LogP contribution in [0.3, 0.4) is 0 Å². The molecule has 0 spiro atoms. The Morgan fingerprint density at radius 1 is 1.19 bits per heavy atom. The van der Waals surface area contributed by atoms with E-state index in [9.17, 15) is 4.79 Å². The molecule has 2 rings (SSSR count). The summed E-state index contributed by atoms with van der Waals surface area (Å²) in [6.45, 7) is 1.45. The van der Waals surface area contributed by atoms with Gasteiger partial charge in [0.15, 0.2) is 5.06 Å². The first kappa shape index (κ1) is 15.8. The number of thiophene rings is 1. The first-order valence-corrected chi connectivity index (χ1v) is 7.71. The minimum atomic E-state index is -0.0338. The summed E-state index contributed by atoms with van der Waals surface area (Å²) in [6, 6.07) is 11.3. The number of amides is 1. The maximum absolute atomic E-state index is 11.7. The molecule has 21 heavy (non-hydrogen) atoms. The molecule has 2 N–H and O–H groups in total. The lowest BCUT2D eigenvalue weighted by Crippen LogP contribution is -2.33. The lowest BCUT2D eigenvalue weighted by Gasteiger charge is -2.06. The molecule has 6 heteroatoms. The van der Waals surface area contributed by atoms with Gasteiger partial charge in [-0.2, -0.15) is 0 Å². The molecule has 0 unspecified atom stereocenters. The van der Waals surface area contributed by atoms with E-state index in [0.717, 1.165) is 15.5 Å². The van der Waals surface area contributed by atoms with Crippen LogP contribution in [0.4, 0.5) is 0 Å². The quantitative estimate of drug-likeness (QED) is 0.823. The average Bonchev–Trinajstić information content (AvgIpc) is 2.95. The van der Waals surface area contributed by atoms with Crippen molar-refractivity contribution in [3.8, 4) is 5.06 Å². The summed E-state index contributed by atoms with van der Waals surface area (Å²) < 4.78 is 5.12. The number of nitrogens with one attached hydrogen (secondary N) is 2. The van der Waals surface area contributed by atoms with Crippen molar-refractivity contribution in [3.63, 3.8) is 0 Å². The highest BCUT2D eigenvalue weighted by molar-refractivity contribution is 7.13. The van der Waals surface area contributed by atoms with Crippen LogP contribution < -0.4 is 15.4 Å². The number of methoxy groups -OCH3 is 1. The van der Waals surface area contributed by atoms with E-state index >= 15 is 0 Å². The molecule has 1 aromatic carbocycles. The molecule has 0 aliphatic carbocycles. The highest BCUT2D eigenvalue weighted by Crippen LogP contribution is 2.23. The summed E-state index contributed by atoms with van der Waals surface area (Å²) in [5.74, 6) is -0.0338. The molecule has 1 amide bonds. The van der Waals surface area contributed by atoms with Gasteiger partial charge < -0.3 is 15.4 Å². The lowest BCUT2D eigenvalue weighted by molar-refractivity contribution is -0.120. The summed E-state index contributed by atoms with van der Waals surface area (Å²) in [6.07, 6.45) is 0. The molecule has 4 nitrogen and oxygen atoms in total. The van der Waals surface area contributed by atoms with E-state index in [2.05, 4.69) is 10.6 Å². The number of carbonyl (C=O) groups excluding carboxylic acids is 1. The van der Waals surface area contributed by atoms with Gasteiger partial charge in [-0.1, -0.05) is 23.7 Å². The molecule has 0 aliphatic rings. The summed E-state index contributed by atoms with van der Waals surface area (Å²) in [5.41, 5.74) is 1.02. The van der Waals surface area contributed by atoms with E-state index in [1.807, 2.05) is 36.4 Å². The van der Waals surface area contributed by atoms with Crippen LogP contribution in [0.2, 0.25) is 5.02 Å². The maximum Gasteiger partial charge on any atom is 0.234 e.